The molecule has 32 heavy (non-hydrogen) atoms. The Balaban J connectivity index is 1.35. The zero-order chi connectivity index (χ0) is 22.3. The highest BCUT2D eigenvalue weighted by molar-refractivity contribution is 5.85. The summed E-state index contributed by atoms with van der Waals surface area (Å²) in [7, 11) is 0. The molecule has 0 saturated heterocycles. The van der Waals surface area contributed by atoms with E-state index in [1.54, 1.807) is 10.9 Å². The normalized spacial score (nSPS) is 16.7. The fourth-order valence-electron chi connectivity index (χ4n) is 4.76. The first kappa shape index (κ1) is 20.3. The molecule has 2 aromatic carbocycles. The number of aromatic nitrogens is 2. The van der Waals surface area contributed by atoms with Gasteiger partial charge >= 0.3 is 12.1 Å². The molecule has 1 amide bonds. The standard InChI is InChI=1S/C25H25N3O4/c1-16-12-13-26-28(16)15-25(23(29)30,17-10-11-17)27-24(31)32-14-22-20-8-4-2-6-18(20)19-7-3-5-9-21(19)22/h2-9,12-13,17,22H,10-11,14-15H2,1H3,(H,27,31)(H,29,30). The summed E-state index contributed by atoms with van der Waals surface area (Å²) in [6.07, 6.45) is 2.40. The number of hydrogen-bond donors (Lipinski definition) is 2. The molecule has 1 fully saturated rings. The smallest absolute Gasteiger partial charge is 0.408 e. The number of nitrogens with zero attached hydrogens (tertiary/aromatic N) is 2. The highest BCUT2D eigenvalue weighted by Gasteiger charge is 2.53. The van der Waals surface area contributed by atoms with E-state index in [-0.39, 0.29) is 25.0 Å². The number of alkyl carbamates (subject to hydrolysis) is 1. The molecule has 0 radical (unpaired) electrons. The Kier molecular flexibility index (Phi) is 4.96. The van der Waals surface area contributed by atoms with Gasteiger partial charge < -0.3 is 15.2 Å². The van der Waals surface area contributed by atoms with Gasteiger partial charge in [-0.15, -0.1) is 0 Å². The molecule has 0 aliphatic heterocycles. The number of aliphatic carboxylic acids is 1. The zero-order valence-electron chi connectivity index (χ0n) is 17.8. The van der Waals surface area contributed by atoms with Crippen LogP contribution in [0.15, 0.2) is 60.8 Å². The number of amides is 1. The first-order valence-corrected chi connectivity index (χ1v) is 10.8. The quantitative estimate of drug-likeness (QED) is 0.591. The van der Waals surface area contributed by atoms with E-state index in [4.69, 9.17) is 4.74 Å². The van der Waals surface area contributed by atoms with E-state index in [1.807, 2.05) is 49.4 Å². The van der Waals surface area contributed by atoms with E-state index in [2.05, 4.69) is 22.5 Å². The van der Waals surface area contributed by atoms with Crippen LogP contribution in [0.1, 0.15) is 35.6 Å². The Morgan fingerprint density at radius 2 is 1.72 bits per heavy atom. The third-order valence-electron chi connectivity index (χ3n) is 6.65. The first-order chi connectivity index (χ1) is 15.5. The molecule has 0 bridgehead atoms. The van der Waals surface area contributed by atoms with Crippen LogP contribution in [0.3, 0.4) is 0 Å². The summed E-state index contributed by atoms with van der Waals surface area (Å²) in [5.41, 5.74) is 3.90. The largest absolute Gasteiger partial charge is 0.479 e. The van der Waals surface area contributed by atoms with Gasteiger partial charge in [0.15, 0.2) is 5.54 Å². The Bertz CT molecular complexity index is 1140. The number of benzene rings is 2. The van der Waals surface area contributed by atoms with Crippen LogP contribution in [0.4, 0.5) is 4.79 Å². The van der Waals surface area contributed by atoms with Crippen LogP contribution in [0, 0.1) is 12.8 Å². The minimum absolute atomic E-state index is 0.0655. The maximum absolute atomic E-state index is 12.9. The number of hydrogen-bond acceptors (Lipinski definition) is 4. The average Bonchev–Trinajstić information content (AvgIpc) is 3.50. The number of rotatable bonds is 7. The second kappa shape index (κ2) is 7.82. The van der Waals surface area contributed by atoms with Crippen LogP contribution >= 0.6 is 0 Å². The summed E-state index contributed by atoms with van der Waals surface area (Å²) < 4.78 is 7.25. The molecular formula is C25H25N3O4. The van der Waals surface area contributed by atoms with Crippen molar-refractivity contribution in [1.29, 1.82) is 0 Å². The Hall–Kier alpha value is -3.61. The van der Waals surface area contributed by atoms with Crippen molar-refractivity contribution in [1.82, 2.24) is 15.1 Å². The molecule has 7 nitrogen and oxygen atoms in total. The van der Waals surface area contributed by atoms with Crippen molar-refractivity contribution in [2.75, 3.05) is 6.61 Å². The van der Waals surface area contributed by atoms with Crippen LogP contribution < -0.4 is 5.32 Å². The predicted octanol–water partition coefficient (Wildman–Crippen LogP) is 3.96. The molecule has 0 spiro atoms. The molecule has 1 atom stereocenters. The van der Waals surface area contributed by atoms with E-state index in [0.29, 0.717) is 0 Å². The van der Waals surface area contributed by atoms with Gasteiger partial charge in [0.2, 0.25) is 0 Å². The van der Waals surface area contributed by atoms with Crippen LogP contribution in [0.2, 0.25) is 0 Å². The molecule has 1 heterocycles. The van der Waals surface area contributed by atoms with Gasteiger partial charge in [-0.25, -0.2) is 9.59 Å². The van der Waals surface area contributed by atoms with E-state index in [0.717, 1.165) is 40.8 Å². The number of carboxylic acid groups (broad SMARTS) is 1. The Labute approximate surface area is 186 Å². The third-order valence-corrected chi connectivity index (χ3v) is 6.65. The van der Waals surface area contributed by atoms with E-state index in [9.17, 15) is 14.7 Å². The lowest BCUT2D eigenvalue weighted by Gasteiger charge is -2.31. The molecule has 164 valence electrons. The monoisotopic (exact) mass is 431 g/mol. The van der Waals surface area contributed by atoms with E-state index < -0.39 is 17.6 Å². The summed E-state index contributed by atoms with van der Waals surface area (Å²) in [6, 6.07) is 18.0. The van der Waals surface area contributed by atoms with Crippen molar-refractivity contribution in [3.05, 3.63) is 77.6 Å². The molecule has 1 aromatic heterocycles. The van der Waals surface area contributed by atoms with Gasteiger partial charge in [-0.05, 0) is 54.0 Å². The summed E-state index contributed by atoms with van der Waals surface area (Å²) >= 11 is 0. The number of carbonyl (C=O) groups is 2. The number of nitrogens with one attached hydrogen (secondary N) is 1. The molecule has 1 unspecified atom stereocenters. The number of ether oxygens (including phenoxy) is 1. The van der Waals surface area contributed by atoms with Crippen LogP contribution in [-0.2, 0) is 16.1 Å². The SMILES string of the molecule is Cc1ccnn1CC(NC(=O)OCC1c2ccccc2-c2ccccc21)(C(=O)O)C1CC1. The number of aryl methyl sites for hydroxylation is 1. The lowest BCUT2D eigenvalue weighted by molar-refractivity contribution is -0.146. The second-order valence-electron chi connectivity index (χ2n) is 8.63. The van der Waals surface area contributed by atoms with Gasteiger partial charge in [-0.1, -0.05) is 48.5 Å². The van der Waals surface area contributed by atoms with Crippen molar-refractivity contribution in [3.63, 3.8) is 0 Å². The topological polar surface area (TPSA) is 93.5 Å². The zero-order valence-corrected chi connectivity index (χ0v) is 17.8. The lowest BCUT2D eigenvalue weighted by atomic mass is 9.93. The second-order valence-corrected chi connectivity index (χ2v) is 8.63. The van der Waals surface area contributed by atoms with Gasteiger partial charge in [0.05, 0.1) is 6.54 Å². The number of fused-ring (bicyclic) bond motifs is 3. The van der Waals surface area contributed by atoms with Gasteiger partial charge in [0.25, 0.3) is 0 Å². The maximum atomic E-state index is 12.9. The van der Waals surface area contributed by atoms with Crippen molar-refractivity contribution >= 4 is 12.1 Å². The summed E-state index contributed by atoms with van der Waals surface area (Å²) in [4.78, 5) is 25.2. The van der Waals surface area contributed by atoms with Crippen LogP contribution in [0.5, 0.6) is 0 Å². The molecular weight excluding hydrogens is 406 g/mol. The lowest BCUT2D eigenvalue weighted by Crippen LogP contribution is -2.59. The van der Waals surface area contributed by atoms with Crippen LogP contribution in [0.25, 0.3) is 11.1 Å². The van der Waals surface area contributed by atoms with Crippen molar-refractivity contribution in [3.8, 4) is 11.1 Å². The summed E-state index contributed by atoms with van der Waals surface area (Å²) in [5, 5.41) is 17.0. The van der Waals surface area contributed by atoms with Crippen molar-refractivity contribution < 1.29 is 19.4 Å². The molecule has 2 N–H and O–H groups in total. The Morgan fingerprint density at radius 3 is 2.25 bits per heavy atom. The summed E-state index contributed by atoms with van der Waals surface area (Å²) in [5.74, 6) is -1.30. The number of carbonyl (C=O) groups excluding carboxylic acids is 1. The minimum Gasteiger partial charge on any atom is -0.479 e. The molecule has 2 aliphatic rings. The third kappa shape index (κ3) is 3.43. The van der Waals surface area contributed by atoms with Gasteiger partial charge in [-0.2, -0.15) is 5.10 Å². The molecule has 7 heteroatoms. The van der Waals surface area contributed by atoms with Crippen LogP contribution in [-0.4, -0.2) is 39.1 Å². The highest BCUT2D eigenvalue weighted by atomic mass is 16.5. The number of carboxylic acids is 1. The van der Waals surface area contributed by atoms with Crippen molar-refractivity contribution in [2.24, 2.45) is 5.92 Å². The predicted molar refractivity (Wildman–Crippen MR) is 118 cm³/mol. The molecule has 3 aromatic rings. The van der Waals surface area contributed by atoms with Gasteiger partial charge in [0.1, 0.15) is 6.61 Å². The molecule has 1 saturated carbocycles. The highest BCUT2D eigenvalue weighted by Crippen LogP contribution is 2.45. The van der Waals surface area contributed by atoms with Crippen molar-refractivity contribution in [2.45, 2.75) is 37.8 Å². The average molecular weight is 431 g/mol. The minimum atomic E-state index is -1.45. The fraction of sp³-hybridized carbons (Fsp3) is 0.320. The van der Waals surface area contributed by atoms with Gasteiger partial charge in [0, 0.05) is 17.8 Å². The maximum Gasteiger partial charge on any atom is 0.408 e. The fourth-order valence-corrected chi connectivity index (χ4v) is 4.76. The molecule has 5 rings (SSSR count). The van der Waals surface area contributed by atoms with E-state index >= 15 is 0 Å². The summed E-state index contributed by atoms with van der Waals surface area (Å²) in [6.45, 7) is 2.07. The van der Waals surface area contributed by atoms with E-state index in [1.165, 1.54) is 0 Å². The van der Waals surface area contributed by atoms with Gasteiger partial charge in [-0.3, -0.25) is 4.68 Å². The first-order valence-electron chi connectivity index (χ1n) is 10.8. The Morgan fingerprint density at radius 1 is 1.09 bits per heavy atom. The molecule has 2 aliphatic carbocycles.